The molecule has 0 aliphatic heterocycles. The Labute approximate surface area is 42.8 Å². The maximum atomic E-state index is 8.52. The van der Waals surface area contributed by atoms with Crippen LogP contribution in [0.25, 0.3) is 0 Å². The molecule has 2 N–H and O–H groups in total. The van der Waals surface area contributed by atoms with Gasteiger partial charge in [-0.05, 0) is 12.3 Å². The molecule has 1 atom stereocenters. The summed E-state index contributed by atoms with van der Waals surface area (Å²) in [6.07, 6.45) is 1.52. The Morgan fingerprint density at radius 3 is 2.43 bits per heavy atom. The first-order valence-electron chi connectivity index (χ1n) is 2.14. The highest BCUT2D eigenvalue weighted by Gasteiger charge is 1.88. The van der Waals surface area contributed by atoms with Gasteiger partial charge in [0.25, 0.3) is 0 Å². The molecular formula is C5H8O2. The lowest BCUT2D eigenvalue weighted by Gasteiger charge is -1.90. The van der Waals surface area contributed by atoms with Gasteiger partial charge in [-0.2, -0.15) is 0 Å². The van der Waals surface area contributed by atoms with Gasteiger partial charge in [-0.3, -0.25) is 0 Å². The Morgan fingerprint density at radius 1 is 1.71 bits per heavy atom. The van der Waals surface area contributed by atoms with Gasteiger partial charge in [0, 0.05) is 0 Å². The molecule has 0 aliphatic carbocycles. The van der Waals surface area contributed by atoms with Crippen LogP contribution in [0.1, 0.15) is 13.3 Å². The van der Waals surface area contributed by atoms with Crippen molar-refractivity contribution in [1.82, 2.24) is 0 Å². The smallest absolute Gasteiger partial charge is 0.117 e. The molecule has 0 aromatic rings. The molecule has 0 fully saturated rings. The summed E-state index contributed by atoms with van der Waals surface area (Å²) in [5.41, 5.74) is 0. The number of aliphatic hydroxyl groups excluding tert-OH is 2. The molecule has 0 amide bonds. The van der Waals surface area contributed by atoms with Crippen LogP contribution in [0.15, 0.2) is 0 Å². The van der Waals surface area contributed by atoms with Crippen molar-refractivity contribution >= 4 is 0 Å². The van der Waals surface area contributed by atoms with Crippen LogP contribution >= 0.6 is 0 Å². The average Bonchev–Trinajstić information content (AvgIpc) is 1.68. The lowest BCUT2D eigenvalue weighted by molar-refractivity contribution is 0.227. The minimum atomic E-state index is -0.662. The van der Waals surface area contributed by atoms with Crippen LogP contribution in [0.4, 0.5) is 0 Å². The fourth-order valence-corrected chi connectivity index (χ4v) is 0.177. The summed E-state index contributed by atoms with van der Waals surface area (Å²) in [4.78, 5) is 0. The van der Waals surface area contributed by atoms with Gasteiger partial charge in [-0.1, -0.05) is 6.92 Å². The van der Waals surface area contributed by atoms with Gasteiger partial charge >= 0.3 is 0 Å². The molecule has 0 aliphatic rings. The molecule has 0 saturated heterocycles. The molecule has 0 saturated carbocycles. The fourth-order valence-electron chi connectivity index (χ4n) is 0.177. The van der Waals surface area contributed by atoms with Crippen LogP contribution in [-0.2, 0) is 0 Å². The molecule has 0 spiro atoms. The van der Waals surface area contributed by atoms with Gasteiger partial charge in [0.1, 0.15) is 12.2 Å². The Balaban J connectivity index is 3.29. The van der Waals surface area contributed by atoms with Gasteiger partial charge in [-0.25, -0.2) is 0 Å². The minimum absolute atomic E-state index is 0.563. The SMILES string of the molecule is CCC(O)C#CO. The van der Waals surface area contributed by atoms with Crippen molar-refractivity contribution in [3.05, 3.63) is 0 Å². The minimum Gasteiger partial charge on any atom is -0.462 e. The maximum absolute atomic E-state index is 8.52. The highest BCUT2D eigenvalue weighted by atomic mass is 16.3. The zero-order valence-corrected chi connectivity index (χ0v) is 4.18. The van der Waals surface area contributed by atoms with Crippen LogP contribution in [0.3, 0.4) is 0 Å². The topological polar surface area (TPSA) is 40.5 Å². The largest absolute Gasteiger partial charge is 0.462 e. The molecule has 0 rings (SSSR count). The molecule has 40 valence electrons. The molecule has 0 bridgehead atoms. The fraction of sp³-hybridized carbons (Fsp3) is 0.600. The van der Waals surface area contributed by atoms with E-state index in [1.54, 1.807) is 13.0 Å². The summed E-state index contributed by atoms with van der Waals surface area (Å²) in [6.45, 7) is 1.79. The number of aliphatic hydroxyl groups is 2. The van der Waals surface area contributed by atoms with E-state index in [4.69, 9.17) is 10.2 Å². The van der Waals surface area contributed by atoms with E-state index in [-0.39, 0.29) is 0 Å². The van der Waals surface area contributed by atoms with E-state index < -0.39 is 6.10 Å². The number of rotatable bonds is 1. The van der Waals surface area contributed by atoms with Crippen LogP contribution in [0.2, 0.25) is 0 Å². The lowest BCUT2D eigenvalue weighted by Crippen LogP contribution is -1.98. The third-order valence-corrected chi connectivity index (χ3v) is 0.618. The predicted molar refractivity (Wildman–Crippen MR) is 26.0 cm³/mol. The van der Waals surface area contributed by atoms with Gasteiger partial charge in [0.15, 0.2) is 0 Å². The third-order valence-electron chi connectivity index (χ3n) is 0.618. The quantitative estimate of drug-likeness (QED) is 0.458. The van der Waals surface area contributed by atoms with Gasteiger partial charge in [0.05, 0.1) is 0 Å². The van der Waals surface area contributed by atoms with E-state index >= 15 is 0 Å². The zero-order chi connectivity index (χ0) is 5.70. The van der Waals surface area contributed by atoms with Crippen molar-refractivity contribution in [2.75, 3.05) is 0 Å². The normalized spacial score (nSPS) is 11.7. The van der Waals surface area contributed by atoms with Crippen molar-refractivity contribution in [1.29, 1.82) is 0 Å². The summed E-state index contributed by atoms with van der Waals surface area (Å²) < 4.78 is 0. The first-order valence-corrected chi connectivity index (χ1v) is 2.14. The lowest BCUT2D eigenvalue weighted by atomic mass is 10.3. The van der Waals surface area contributed by atoms with E-state index in [1.807, 2.05) is 0 Å². The molecule has 1 unspecified atom stereocenters. The Morgan fingerprint density at radius 2 is 2.29 bits per heavy atom. The zero-order valence-electron chi connectivity index (χ0n) is 4.18. The first kappa shape index (κ1) is 6.32. The Bertz CT molecular complexity index is 88.0. The summed E-state index contributed by atoms with van der Waals surface area (Å²) in [6, 6.07) is 0. The summed E-state index contributed by atoms with van der Waals surface area (Å²) in [7, 11) is 0. The van der Waals surface area contributed by atoms with Gasteiger partial charge in [-0.15, -0.1) is 0 Å². The molecular weight excluding hydrogens is 92.1 g/mol. The van der Waals surface area contributed by atoms with E-state index in [2.05, 4.69) is 5.92 Å². The Hall–Kier alpha value is -0.680. The highest BCUT2D eigenvalue weighted by molar-refractivity contribution is 4.96. The molecule has 0 aromatic carbocycles. The maximum Gasteiger partial charge on any atom is 0.117 e. The van der Waals surface area contributed by atoms with E-state index in [9.17, 15) is 0 Å². The van der Waals surface area contributed by atoms with Crippen molar-refractivity contribution < 1.29 is 10.2 Å². The monoisotopic (exact) mass is 100 g/mol. The summed E-state index contributed by atoms with van der Waals surface area (Å²) >= 11 is 0. The molecule has 0 aromatic heterocycles. The molecule has 2 nitrogen and oxygen atoms in total. The average molecular weight is 100 g/mol. The van der Waals surface area contributed by atoms with Crippen molar-refractivity contribution in [3.8, 4) is 12.0 Å². The first-order chi connectivity index (χ1) is 3.31. The molecule has 0 heterocycles. The molecule has 7 heavy (non-hydrogen) atoms. The summed E-state index contributed by atoms with van der Waals surface area (Å²) in [5.74, 6) is 2.16. The van der Waals surface area contributed by atoms with Crippen LogP contribution in [-0.4, -0.2) is 16.3 Å². The van der Waals surface area contributed by atoms with Crippen molar-refractivity contribution in [2.24, 2.45) is 0 Å². The van der Waals surface area contributed by atoms with Crippen molar-refractivity contribution in [3.63, 3.8) is 0 Å². The third kappa shape index (κ3) is 3.14. The second-order valence-electron chi connectivity index (χ2n) is 1.18. The highest BCUT2D eigenvalue weighted by Crippen LogP contribution is 1.83. The molecule has 2 heteroatoms. The number of hydrogen-bond acceptors (Lipinski definition) is 2. The number of hydrogen-bond donors (Lipinski definition) is 2. The second kappa shape index (κ2) is 3.51. The predicted octanol–water partition coefficient (Wildman–Crippen LogP) is 0.0907. The van der Waals surface area contributed by atoms with Crippen LogP contribution in [0, 0.1) is 12.0 Å². The van der Waals surface area contributed by atoms with Gasteiger partial charge < -0.3 is 10.2 Å². The van der Waals surface area contributed by atoms with Crippen LogP contribution in [0.5, 0.6) is 0 Å². The summed E-state index contributed by atoms with van der Waals surface area (Å²) in [5, 5.41) is 16.4. The van der Waals surface area contributed by atoms with Gasteiger partial charge in [0.2, 0.25) is 0 Å². The van der Waals surface area contributed by atoms with E-state index in [1.165, 1.54) is 0 Å². The van der Waals surface area contributed by atoms with Crippen molar-refractivity contribution in [2.45, 2.75) is 19.4 Å². The standard InChI is InChI=1S/C5H8O2/c1-2-5(7)3-4-6/h5-7H,2H2,1H3. The van der Waals surface area contributed by atoms with Crippen LogP contribution < -0.4 is 0 Å². The molecule has 0 radical (unpaired) electrons. The second-order valence-corrected chi connectivity index (χ2v) is 1.18. The Kier molecular flexibility index (Phi) is 3.17. The van der Waals surface area contributed by atoms with E-state index in [0.29, 0.717) is 6.42 Å². The van der Waals surface area contributed by atoms with E-state index in [0.717, 1.165) is 0 Å².